The Kier molecular flexibility index (Phi) is 3.51. The van der Waals surface area contributed by atoms with Crippen molar-refractivity contribution in [1.29, 1.82) is 0 Å². The van der Waals surface area contributed by atoms with Gasteiger partial charge in [-0.1, -0.05) is 24.3 Å². The third-order valence-electron chi connectivity index (χ3n) is 3.09. The van der Waals surface area contributed by atoms with Crippen LogP contribution >= 0.6 is 0 Å². The van der Waals surface area contributed by atoms with Crippen molar-refractivity contribution in [2.24, 2.45) is 0 Å². The van der Waals surface area contributed by atoms with Gasteiger partial charge in [0, 0.05) is 18.3 Å². The molecule has 0 unspecified atom stereocenters. The minimum absolute atomic E-state index is 0.295. The highest BCUT2D eigenvalue weighted by Gasteiger charge is 2.14. The molecule has 0 radical (unpaired) electrons. The molecule has 1 aromatic heterocycles. The number of nitrogens with zero attached hydrogens (tertiary/aromatic N) is 1. The van der Waals surface area contributed by atoms with Gasteiger partial charge in [-0.15, -0.1) is 0 Å². The molecule has 2 aromatic rings. The molecular weight excluding hydrogens is 226 g/mol. The summed E-state index contributed by atoms with van der Waals surface area (Å²) >= 11 is 0. The van der Waals surface area contributed by atoms with Crippen molar-refractivity contribution in [1.82, 2.24) is 4.57 Å². The fourth-order valence-corrected chi connectivity index (χ4v) is 2.09. The summed E-state index contributed by atoms with van der Waals surface area (Å²) in [6, 6.07) is 10.0. The van der Waals surface area contributed by atoms with Crippen molar-refractivity contribution in [3.05, 3.63) is 47.8 Å². The first-order valence-corrected chi connectivity index (χ1v) is 6.02. The summed E-state index contributed by atoms with van der Waals surface area (Å²) in [5.74, 6) is -0.295. The predicted molar refractivity (Wildman–Crippen MR) is 71.6 cm³/mol. The van der Waals surface area contributed by atoms with Gasteiger partial charge in [0.1, 0.15) is 5.69 Å². The Balaban J connectivity index is 2.51. The third kappa shape index (κ3) is 2.16. The van der Waals surface area contributed by atoms with Crippen LogP contribution in [0.4, 0.5) is 0 Å². The highest BCUT2D eigenvalue weighted by molar-refractivity contribution is 5.90. The molecule has 0 spiro atoms. The number of aromatic nitrogens is 1. The van der Waals surface area contributed by atoms with Gasteiger partial charge in [0.15, 0.2) is 0 Å². The maximum atomic E-state index is 11.7. The summed E-state index contributed by atoms with van der Waals surface area (Å²) in [7, 11) is 1.41. The lowest BCUT2D eigenvalue weighted by Gasteiger charge is -2.02. The molecule has 0 saturated heterocycles. The van der Waals surface area contributed by atoms with Gasteiger partial charge < -0.3 is 9.30 Å². The number of methoxy groups -OCH3 is 1. The number of esters is 1. The maximum absolute atomic E-state index is 11.7. The normalized spacial score (nSPS) is 10.4. The van der Waals surface area contributed by atoms with Crippen molar-refractivity contribution < 1.29 is 9.53 Å². The average molecular weight is 243 g/mol. The molecule has 3 heteroatoms. The SMILES string of the molecule is CCn1cc(-c2ccccc2C)cc1C(=O)OC. The summed E-state index contributed by atoms with van der Waals surface area (Å²) in [6.07, 6.45) is 1.99. The first-order chi connectivity index (χ1) is 8.67. The lowest BCUT2D eigenvalue weighted by Crippen LogP contribution is -2.08. The number of benzene rings is 1. The Morgan fingerprint density at radius 3 is 2.67 bits per heavy atom. The van der Waals surface area contributed by atoms with E-state index >= 15 is 0 Å². The Bertz CT molecular complexity index is 570. The minimum Gasteiger partial charge on any atom is -0.464 e. The summed E-state index contributed by atoms with van der Waals surface area (Å²) in [5, 5.41) is 0. The molecule has 0 N–H and O–H groups in total. The van der Waals surface area contributed by atoms with E-state index in [0.717, 1.165) is 17.7 Å². The van der Waals surface area contributed by atoms with Crippen LogP contribution in [0.5, 0.6) is 0 Å². The largest absolute Gasteiger partial charge is 0.464 e. The van der Waals surface area contributed by atoms with Crippen molar-refractivity contribution in [3.8, 4) is 11.1 Å². The van der Waals surface area contributed by atoms with Gasteiger partial charge in [-0.2, -0.15) is 0 Å². The van der Waals surface area contributed by atoms with Crippen molar-refractivity contribution in [2.45, 2.75) is 20.4 Å². The van der Waals surface area contributed by atoms with Crippen LogP contribution in [0, 0.1) is 6.92 Å². The van der Waals surface area contributed by atoms with Crippen LogP contribution < -0.4 is 0 Å². The van der Waals surface area contributed by atoms with E-state index in [2.05, 4.69) is 19.1 Å². The van der Waals surface area contributed by atoms with Crippen LogP contribution in [0.15, 0.2) is 36.5 Å². The number of ether oxygens (including phenoxy) is 1. The average Bonchev–Trinajstić information content (AvgIpc) is 2.82. The lowest BCUT2D eigenvalue weighted by atomic mass is 10.0. The monoisotopic (exact) mass is 243 g/mol. The molecule has 0 atom stereocenters. The molecule has 18 heavy (non-hydrogen) atoms. The van der Waals surface area contributed by atoms with Crippen LogP contribution in [0.3, 0.4) is 0 Å². The van der Waals surface area contributed by atoms with Gasteiger partial charge in [0.25, 0.3) is 0 Å². The van der Waals surface area contributed by atoms with E-state index in [4.69, 9.17) is 4.74 Å². The molecule has 3 nitrogen and oxygen atoms in total. The quantitative estimate of drug-likeness (QED) is 0.775. The van der Waals surface area contributed by atoms with Gasteiger partial charge in [-0.05, 0) is 31.0 Å². The van der Waals surface area contributed by atoms with E-state index in [0.29, 0.717) is 5.69 Å². The van der Waals surface area contributed by atoms with E-state index in [1.165, 1.54) is 12.7 Å². The van der Waals surface area contributed by atoms with Gasteiger partial charge in [0.05, 0.1) is 7.11 Å². The van der Waals surface area contributed by atoms with Crippen molar-refractivity contribution in [3.63, 3.8) is 0 Å². The number of hydrogen-bond acceptors (Lipinski definition) is 2. The fraction of sp³-hybridized carbons (Fsp3) is 0.267. The highest BCUT2D eigenvalue weighted by Crippen LogP contribution is 2.25. The Hall–Kier alpha value is -2.03. The fourth-order valence-electron chi connectivity index (χ4n) is 2.09. The van der Waals surface area contributed by atoms with Crippen LogP contribution in [-0.2, 0) is 11.3 Å². The van der Waals surface area contributed by atoms with Crippen LogP contribution in [0.1, 0.15) is 23.0 Å². The van der Waals surface area contributed by atoms with E-state index < -0.39 is 0 Å². The summed E-state index contributed by atoms with van der Waals surface area (Å²) < 4.78 is 6.71. The van der Waals surface area contributed by atoms with Crippen LogP contribution in [0.2, 0.25) is 0 Å². The summed E-state index contributed by atoms with van der Waals surface area (Å²) in [5.41, 5.74) is 3.99. The topological polar surface area (TPSA) is 31.2 Å². The highest BCUT2D eigenvalue weighted by atomic mass is 16.5. The van der Waals surface area contributed by atoms with Crippen molar-refractivity contribution >= 4 is 5.97 Å². The first kappa shape index (κ1) is 12.4. The van der Waals surface area contributed by atoms with Crippen molar-refractivity contribution in [2.75, 3.05) is 7.11 Å². The Morgan fingerprint density at radius 1 is 1.33 bits per heavy atom. The Morgan fingerprint density at radius 2 is 2.06 bits per heavy atom. The molecule has 1 aromatic carbocycles. The molecule has 0 aliphatic rings. The number of aryl methyl sites for hydroxylation is 2. The first-order valence-electron chi connectivity index (χ1n) is 6.02. The zero-order chi connectivity index (χ0) is 13.1. The third-order valence-corrected chi connectivity index (χ3v) is 3.09. The van der Waals surface area contributed by atoms with E-state index in [1.54, 1.807) is 0 Å². The summed E-state index contributed by atoms with van der Waals surface area (Å²) in [6.45, 7) is 4.82. The number of hydrogen-bond donors (Lipinski definition) is 0. The zero-order valence-corrected chi connectivity index (χ0v) is 10.9. The van der Waals surface area contributed by atoms with Crippen LogP contribution in [0.25, 0.3) is 11.1 Å². The van der Waals surface area contributed by atoms with Gasteiger partial charge in [0.2, 0.25) is 0 Å². The molecule has 0 amide bonds. The number of carbonyl (C=O) groups excluding carboxylic acids is 1. The van der Waals surface area contributed by atoms with E-state index in [9.17, 15) is 4.79 Å². The second-order valence-electron chi connectivity index (χ2n) is 4.21. The second kappa shape index (κ2) is 5.08. The Labute approximate surface area is 107 Å². The van der Waals surface area contributed by atoms with E-state index in [-0.39, 0.29) is 5.97 Å². The van der Waals surface area contributed by atoms with E-state index in [1.807, 2.05) is 35.9 Å². The second-order valence-corrected chi connectivity index (χ2v) is 4.21. The minimum atomic E-state index is -0.295. The number of carbonyl (C=O) groups is 1. The standard InChI is InChI=1S/C15H17NO2/c1-4-16-10-12(9-14(16)15(17)18-3)13-8-6-5-7-11(13)2/h5-10H,4H2,1-3H3. The smallest absolute Gasteiger partial charge is 0.354 e. The van der Waals surface area contributed by atoms with Gasteiger partial charge in [-0.25, -0.2) is 4.79 Å². The summed E-state index contributed by atoms with van der Waals surface area (Å²) in [4.78, 5) is 11.7. The molecule has 94 valence electrons. The van der Waals surface area contributed by atoms with Gasteiger partial charge >= 0.3 is 5.97 Å². The molecule has 1 heterocycles. The van der Waals surface area contributed by atoms with Crippen LogP contribution in [-0.4, -0.2) is 17.6 Å². The molecule has 0 saturated carbocycles. The maximum Gasteiger partial charge on any atom is 0.354 e. The molecule has 0 aliphatic heterocycles. The molecule has 0 bridgehead atoms. The lowest BCUT2D eigenvalue weighted by molar-refractivity contribution is 0.0588. The van der Waals surface area contributed by atoms with Gasteiger partial charge in [-0.3, -0.25) is 0 Å². The molecule has 0 fully saturated rings. The number of rotatable bonds is 3. The zero-order valence-electron chi connectivity index (χ0n) is 10.9. The predicted octanol–water partition coefficient (Wildman–Crippen LogP) is 3.27. The molecule has 2 rings (SSSR count). The molecule has 0 aliphatic carbocycles. The molecular formula is C15H17NO2.